The molecule has 10 nitrogen and oxygen atoms in total. The Morgan fingerprint density at radius 2 is 1.96 bits per heavy atom. The number of aromatic nitrogens is 2. The summed E-state index contributed by atoms with van der Waals surface area (Å²) in [6, 6.07) is 10.5. The van der Waals surface area contributed by atoms with Crippen LogP contribution in [0.3, 0.4) is 0 Å². The first kappa shape index (κ1) is 33.2. The normalized spacial score (nSPS) is 21.5. The first-order valence-corrected chi connectivity index (χ1v) is 20.3. The molecule has 250 valence electrons. The van der Waals surface area contributed by atoms with Crippen molar-refractivity contribution in [2.75, 3.05) is 30.3 Å². The van der Waals surface area contributed by atoms with E-state index in [1.807, 2.05) is 10.8 Å². The third-order valence-corrected chi connectivity index (χ3v) is 11.0. The maximum atomic E-state index is 14.7. The molecular weight excluding hydrogens is 641 g/mol. The van der Waals surface area contributed by atoms with Crippen LogP contribution in [0.5, 0.6) is 0 Å². The Hall–Kier alpha value is -3.74. The van der Waals surface area contributed by atoms with E-state index >= 15 is 0 Å². The average Bonchev–Trinajstić information content (AvgIpc) is 3.42. The summed E-state index contributed by atoms with van der Waals surface area (Å²) in [7, 11) is -1.34. The van der Waals surface area contributed by atoms with Crippen LogP contribution in [0.2, 0.25) is 30.7 Å². The van der Waals surface area contributed by atoms with Crippen LogP contribution in [-0.4, -0.2) is 60.1 Å². The number of nitrogens with one attached hydrogen (secondary N) is 2. The van der Waals surface area contributed by atoms with Crippen LogP contribution in [0.1, 0.15) is 55.8 Å². The van der Waals surface area contributed by atoms with E-state index in [0.717, 1.165) is 11.6 Å². The number of piperidine rings is 1. The van der Waals surface area contributed by atoms with E-state index in [0.29, 0.717) is 78.7 Å². The van der Waals surface area contributed by atoms with Gasteiger partial charge in [0.25, 0.3) is 0 Å². The van der Waals surface area contributed by atoms with Gasteiger partial charge in [0.15, 0.2) is 5.60 Å². The first-order chi connectivity index (χ1) is 22.4. The van der Waals surface area contributed by atoms with E-state index in [2.05, 4.69) is 30.3 Å². The van der Waals surface area contributed by atoms with Gasteiger partial charge in [-0.15, -0.1) is 0 Å². The van der Waals surface area contributed by atoms with Crippen molar-refractivity contribution in [3.63, 3.8) is 0 Å². The van der Waals surface area contributed by atoms with Crippen molar-refractivity contribution in [3.05, 3.63) is 64.8 Å². The van der Waals surface area contributed by atoms with Crippen molar-refractivity contribution in [3.8, 4) is 11.3 Å². The van der Waals surface area contributed by atoms with Gasteiger partial charge in [0.1, 0.15) is 18.4 Å². The number of hydrogen-bond donors (Lipinski definition) is 2. The van der Waals surface area contributed by atoms with Crippen LogP contribution in [0, 0.1) is 5.82 Å². The highest BCUT2D eigenvalue weighted by Crippen LogP contribution is 2.44. The SMILES string of the molecule is C[Si](C)(C)CCOCn1cc2nc1C(C(=O)N1CCC[C@@]3(C1)OC(=O)Nc1ccc(Cl)cc13)CCCCC(=O)Nc1cc(F)ccc1-2. The van der Waals surface area contributed by atoms with Crippen LogP contribution < -0.4 is 10.6 Å². The highest BCUT2D eigenvalue weighted by atomic mass is 35.5. The standard InChI is InChI=1S/C34H41ClFN5O5Si/c1-47(2,3)16-15-45-21-41-19-29-24-11-10-23(36)18-28(24)37-30(42)8-5-4-7-25(31(41)38-29)32(43)40-14-6-13-34(20-40)26-17-22(35)9-12-27(26)39-33(44)46-34/h9-12,17-19,25H,4-8,13-16,20-21H2,1-3H3,(H,37,42)(H,39,44)/t25?,34-/m0/s1. The first-order valence-electron chi connectivity index (χ1n) is 16.2. The summed E-state index contributed by atoms with van der Waals surface area (Å²) in [6.45, 7) is 8.30. The number of carbonyl (C=O) groups is 3. The molecule has 1 saturated heterocycles. The fraction of sp³-hybridized carbons (Fsp3) is 0.471. The van der Waals surface area contributed by atoms with Gasteiger partial charge in [0, 0.05) is 50.0 Å². The van der Waals surface area contributed by atoms with E-state index in [-0.39, 0.29) is 31.5 Å². The van der Waals surface area contributed by atoms with Gasteiger partial charge in [-0.05, 0) is 68.1 Å². The minimum absolute atomic E-state index is 0.136. The second kappa shape index (κ2) is 13.4. The molecule has 3 aromatic rings. The number of anilines is 2. The summed E-state index contributed by atoms with van der Waals surface area (Å²) in [5, 5.41) is 6.13. The number of rotatable bonds is 6. The average molecular weight is 682 g/mol. The monoisotopic (exact) mass is 681 g/mol. The largest absolute Gasteiger partial charge is 0.436 e. The fourth-order valence-corrected chi connectivity index (χ4v) is 7.57. The summed E-state index contributed by atoms with van der Waals surface area (Å²) in [5.41, 5.74) is 1.72. The number of amides is 3. The number of hydrogen-bond acceptors (Lipinski definition) is 6. The summed E-state index contributed by atoms with van der Waals surface area (Å²) >= 11 is 6.38. The molecule has 4 heterocycles. The summed E-state index contributed by atoms with van der Waals surface area (Å²) in [5.74, 6) is -0.937. The molecule has 47 heavy (non-hydrogen) atoms. The molecule has 1 fully saturated rings. The Morgan fingerprint density at radius 3 is 2.77 bits per heavy atom. The van der Waals surface area contributed by atoms with Crippen LogP contribution in [0.25, 0.3) is 11.3 Å². The predicted molar refractivity (Wildman–Crippen MR) is 181 cm³/mol. The Labute approximate surface area is 280 Å². The van der Waals surface area contributed by atoms with Gasteiger partial charge in [-0.25, -0.2) is 14.2 Å². The molecule has 3 aliphatic rings. The van der Waals surface area contributed by atoms with E-state index in [9.17, 15) is 18.8 Å². The lowest BCUT2D eigenvalue weighted by Gasteiger charge is -2.45. The van der Waals surface area contributed by atoms with Crippen LogP contribution in [-0.2, 0) is 31.4 Å². The van der Waals surface area contributed by atoms with Crippen LogP contribution >= 0.6 is 11.6 Å². The van der Waals surface area contributed by atoms with Gasteiger partial charge in [-0.1, -0.05) is 37.7 Å². The quantitative estimate of drug-likeness (QED) is 0.208. The highest BCUT2D eigenvalue weighted by Gasteiger charge is 2.47. The van der Waals surface area contributed by atoms with Crippen molar-refractivity contribution >= 4 is 49.0 Å². The number of halogens is 2. The molecular formula is C34H41ClFN5O5Si. The molecule has 3 amide bonds. The zero-order valence-electron chi connectivity index (χ0n) is 27.0. The summed E-state index contributed by atoms with van der Waals surface area (Å²) in [6.07, 6.45) is 4.25. The topological polar surface area (TPSA) is 115 Å². The molecule has 2 bridgehead atoms. The second-order valence-electron chi connectivity index (χ2n) is 13.9. The molecule has 6 rings (SSSR count). The second-order valence-corrected chi connectivity index (χ2v) is 20.0. The molecule has 1 unspecified atom stereocenters. The van der Waals surface area contributed by atoms with Crippen molar-refractivity contribution < 1.29 is 28.2 Å². The van der Waals surface area contributed by atoms with Gasteiger partial charge < -0.3 is 24.3 Å². The molecule has 2 atom stereocenters. The van der Waals surface area contributed by atoms with E-state index in [1.54, 1.807) is 29.2 Å². The third kappa shape index (κ3) is 7.39. The minimum Gasteiger partial charge on any atom is -0.436 e. The smallest absolute Gasteiger partial charge is 0.412 e. The third-order valence-electron chi connectivity index (χ3n) is 9.09. The Balaban J connectivity index is 1.37. The molecule has 3 aliphatic heterocycles. The number of carbonyl (C=O) groups excluding carboxylic acids is 3. The van der Waals surface area contributed by atoms with Crippen LogP contribution in [0.15, 0.2) is 42.6 Å². The molecule has 13 heteroatoms. The van der Waals surface area contributed by atoms with Gasteiger partial charge in [0.2, 0.25) is 11.8 Å². The molecule has 1 aromatic heterocycles. The Morgan fingerprint density at radius 1 is 1.13 bits per heavy atom. The van der Waals surface area contributed by atoms with E-state index in [1.165, 1.54) is 12.1 Å². The zero-order chi connectivity index (χ0) is 33.3. The Kier molecular flexibility index (Phi) is 9.46. The number of fused-ring (bicyclic) bond motifs is 6. The van der Waals surface area contributed by atoms with Crippen LogP contribution in [0.4, 0.5) is 20.6 Å². The highest BCUT2D eigenvalue weighted by molar-refractivity contribution is 6.76. The van der Waals surface area contributed by atoms with E-state index in [4.69, 9.17) is 26.1 Å². The van der Waals surface area contributed by atoms with Crippen molar-refractivity contribution in [2.24, 2.45) is 0 Å². The number of likely N-dealkylation sites (tertiary alicyclic amines) is 1. The maximum absolute atomic E-state index is 14.7. The minimum atomic E-state index is -1.34. The fourth-order valence-electron chi connectivity index (χ4n) is 6.64. The van der Waals surface area contributed by atoms with Gasteiger partial charge in [-0.3, -0.25) is 14.9 Å². The lowest BCUT2D eigenvalue weighted by Crippen LogP contribution is -2.54. The van der Waals surface area contributed by atoms with Gasteiger partial charge in [0.05, 0.1) is 29.5 Å². The molecule has 0 saturated carbocycles. The molecule has 0 radical (unpaired) electrons. The molecule has 1 spiro atoms. The van der Waals surface area contributed by atoms with E-state index < -0.39 is 31.5 Å². The van der Waals surface area contributed by atoms with Gasteiger partial charge >= 0.3 is 6.09 Å². The number of imidazole rings is 1. The van der Waals surface area contributed by atoms with Crippen molar-refractivity contribution in [1.29, 1.82) is 0 Å². The predicted octanol–water partition coefficient (Wildman–Crippen LogP) is 7.33. The zero-order valence-corrected chi connectivity index (χ0v) is 28.8. The van der Waals surface area contributed by atoms with Crippen molar-refractivity contribution in [1.82, 2.24) is 14.5 Å². The number of ether oxygens (including phenoxy) is 2. The Bertz CT molecular complexity index is 1690. The lowest BCUT2D eigenvalue weighted by atomic mass is 9.83. The summed E-state index contributed by atoms with van der Waals surface area (Å²) in [4.78, 5) is 46.9. The van der Waals surface area contributed by atoms with Crippen molar-refractivity contribution in [2.45, 2.75) is 82.5 Å². The molecule has 2 aromatic carbocycles. The molecule has 0 aliphatic carbocycles. The number of benzene rings is 2. The lowest BCUT2D eigenvalue weighted by molar-refractivity contribution is -0.141. The molecule has 2 N–H and O–H groups in total. The maximum Gasteiger partial charge on any atom is 0.412 e. The summed E-state index contributed by atoms with van der Waals surface area (Å²) < 4.78 is 28.3. The van der Waals surface area contributed by atoms with Gasteiger partial charge in [-0.2, -0.15) is 0 Å². The number of nitrogens with zero attached hydrogens (tertiary/aromatic N) is 3.